The van der Waals surface area contributed by atoms with Crippen LogP contribution in [0.2, 0.25) is 0 Å². The van der Waals surface area contributed by atoms with Gasteiger partial charge in [-0.05, 0) is 13.8 Å². The van der Waals surface area contributed by atoms with E-state index in [1.165, 1.54) is 13.8 Å². The Morgan fingerprint density at radius 2 is 1.13 bits per heavy atom. The van der Waals surface area contributed by atoms with Crippen molar-refractivity contribution in [2.45, 2.75) is 20.3 Å². The summed E-state index contributed by atoms with van der Waals surface area (Å²) in [5.41, 5.74) is 0. The van der Waals surface area contributed by atoms with Crippen LogP contribution in [0.5, 0.6) is 0 Å². The first-order chi connectivity index (χ1) is 7.02. The predicted molar refractivity (Wildman–Crippen MR) is 47.9 cm³/mol. The summed E-state index contributed by atoms with van der Waals surface area (Å²) in [5.74, 6) is -4.32. The third-order valence-corrected chi connectivity index (χ3v) is 1.33. The van der Waals surface area contributed by atoms with Gasteiger partial charge in [-0.3, -0.25) is 9.59 Å². The van der Waals surface area contributed by atoms with Crippen molar-refractivity contribution in [3.63, 3.8) is 0 Å². The van der Waals surface area contributed by atoms with E-state index < -0.39 is 29.9 Å². The van der Waals surface area contributed by atoms with Crippen LogP contribution in [0.1, 0.15) is 20.3 Å². The largest absolute Gasteiger partial charge is 0.460 e. The van der Waals surface area contributed by atoms with Crippen molar-refractivity contribution < 1.29 is 28.7 Å². The maximum atomic E-state index is 10.9. The van der Waals surface area contributed by atoms with Crippen LogP contribution in [-0.2, 0) is 28.7 Å². The van der Waals surface area contributed by atoms with Gasteiger partial charge in [0.2, 0.25) is 11.6 Å². The summed E-state index contributed by atoms with van der Waals surface area (Å²) in [4.78, 5) is 43.5. The molecule has 15 heavy (non-hydrogen) atoms. The molecule has 0 aliphatic heterocycles. The van der Waals surface area contributed by atoms with Gasteiger partial charge in [0.15, 0.2) is 0 Å². The van der Waals surface area contributed by atoms with Crippen molar-refractivity contribution in [2.24, 2.45) is 0 Å². The Labute approximate surface area is 86.5 Å². The Hall–Kier alpha value is -1.72. The lowest BCUT2D eigenvalue weighted by atomic mass is 10.2. The van der Waals surface area contributed by atoms with Crippen LogP contribution in [0.3, 0.4) is 0 Å². The standard InChI is InChI=1S/C9H12O6/c1-3-14-8(12)6(10)5-7(11)9(13)15-4-2/h3-5H2,1-2H3. The Bertz CT molecular complexity index is 252. The summed E-state index contributed by atoms with van der Waals surface area (Å²) in [7, 11) is 0. The van der Waals surface area contributed by atoms with E-state index >= 15 is 0 Å². The van der Waals surface area contributed by atoms with E-state index in [4.69, 9.17) is 0 Å². The van der Waals surface area contributed by atoms with Crippen molar-refractivity contribution in [3.8, 4) is 0 Å². The number of hydrogen-bond donors (Lipinski definition) is 0. The number of hydrogen-bond acceptors (Lipinski definition) is 6. The molecule has 0 fully saturated rings. The van der Waals surface area contributed by atoms with E-state index in [9.17, 15) is 19.2 Å². The number of rotatable bonds is 6. The van der Waals surface area contributed by atoms with Crippen molar-refractivity contribution in [3.05, 3.63) is 0 Å². The molecule has 0 aromatic carbocycles. The lowest BCUT2D eigenvalue weighted by molar-refractivity contribution is -0.158. The molecule has 0 N–H and O–H groups in total. The molecule has 0 amide bonds. The van der Waals surface area contributed by atoms with E-state index in [0.29, 0.717) is 0 Å². The van der Waals surface area contributed by atoms with Gasteiger partial charge in [-0.25, -0.2) is 9.59 Å². The van der Waals surface area contributed by atoms with Gasteiger partial charge in [-0.1, -0.05) is 0 Å². The van der Waals surface area contributed by atoms with Crippen LogP contribution >= 0.6 is 0 Å². The third-order valence-electron chi connectivity index (χ3n) is 1.33. The smallest absolute Gasteiger partial charge is 0.375 e. The zero-order chi connectivity index (χ0) is 11.8. The molecule has 0 aliphatic carbocycles. The molecule has 0 aromatic rings. The molecule has 0 radical (unpaired) electrons. The summed E-state index contributed by atoms with van der Waals surface area (Å²) in [6.45, 7) is 3.13. The zero-order valence-corrected chi connectivity index (χ0v) is 8.57. The average Bonchev–Trinajstić information content (AvgIpc) is 2.18. The molecule has 0 aromatic heterocycles. The lowest BCUT2D eigenvalue weighted by Gasteiger charge is -2.00. The molecule has 0 unspecified atom stereocenters. The Morgan fingerprint density at radius 1 is 0.800 bits per heavy atom. The fraction of sp³-hybridized carbons (Fsp3) is 0.556. The molecule has 6 heteroatoms. The highest BCUT2D eigenvalue weighted by Crippen LogP contribution is 1.93. The Kier molecular flexibility index (Phi) is 5.92. The molecule has 0 saturated heterocycles. The van der Waals surface area contributed by atoms with Crippen molar-refractivity contribution in [2.75, 3.05) is 13.2 Å². The second kappa shape index (κ2) is 6.69. The average molecular weight is 216 g/mol. The number of ether oxygens (including phenoxy) is 2. The normalized spacial score (nSPS) is 9.20. The monoisotopic (exact) mass is 216 g/mol. The molecule has 0 aliphatic rings. The maximum absolute atomic E-state index is 10.9. The van der Waals surface area contributed by atoms with Gasteiger partial charge in [0.05, 0.1) is 19.6 Å². The topological polar surface area (TPSA) is 86.7 Å². The number of Topliss-reactive ketones (excluding diaryl/α,β-unsaturated/α-hetero) is 2. The SMILES string of the molecule is CCOC(=O)C(=O)CC(=O)C(=O)OCC. The first kappa shape index (κ1) is 13.3. The second-order valence-corrected chi connectivity index (χ2v) is 2.46. The molecule has 84 valence electrons. The van der Waals surface area contributed by atoms with Gasteiger partial charge in [0.1, 0.15) is 0 Å². The predicted octanol–water partition coefficient (Wildman–Crippen LogP) is -0.359. The van der Waals surface area contributed by atoms with Crippen LogP contribution < -0.4 is 0 Å². The van der Waals surface area contributed by atoms with E-state index in [-0.39, 0.29) is 13.2 Å². The highest BCUT2D eigenvalue weighted by molar-refractivity contribution is 6.45. The molecule has 0 rings (SSSR count). The summed E-state index contributed by atoms with van der Waals surface area (Å²) in [6.07, 6.45) is -0.808. The van der Waals surface area contributed by atoms with E-state index in [1.807, 2.05) is 0 Å². The minimum absolute atomic E-state index is 0.0399. The minimum Gasteiger partial charge on any atom is -0.460 e. The van der Waals surface area contributed by atoms with Crippen LogP contribution in [0, 0.1) is 0 Å². The first-order valence-corrected chi connectivity index (χ1v) is 4.42. The molecule has 0 heterocycles. The third kappa shape index (κ3) is 4.90. The van der Waals surface area contributed by atoms with Gasteiger partial charge in [-0.15, -0.1) is 0 Å². The zero-order valence-electron chi connectivity index (χ0n) is 8.57. The molecule has 0 atom stereocenters. The number of esters is 2. The maximum Gasteiger partial charge on any atom is 0.375 e. The van der Waals surface area contributed by atoms with E-state index in [2.05, 4.69) is 9.47 Å². The first-order valence-electron chi connectivity index (χ1n) is 4.42. The van der Waals surface area contributed by atoms with Crippen molar-refractivity contribution in [1.82, 2.24) is 0 Å². The highest BCUT2D eigenvalue weighted by atomic mass is 16.5. The molecular weight excluding hydrogens is 204 g/mol. The van der Waals surface area contributed by atoms with Gasteiger partial charge >= 0.3 is 11.9 Å². The Morgan fingerprint density at radius 3 is 1.40 bits per heavy atom. The minimum atomic E-state index is -1.12. The number of carbonyl (C=O) groups is 4. The fourth-order valence-corrected chi connectivity index (χ4v) is 0.713. The van der Waals surface area contributed by atoms with Gasteiger partial charge in [0.25, 0.3) is 0 Å². The van der Waals surface area contributed by atoms with Crippen molar-refractivity contribution in [1.29, 1.82) is 0 Å². The van der Waals surface area contributed by atoms with Gasteiger partial charge < -0.3 is 9.47 Å². The van der Waals surface area contributed by atoms with Gasteiger partial charge in [0, 0.05) is 0 Å². The number of carbonyl (C=O) groups excluding carboxylic acids is 4. The van der Waals surface area contributed by atoms with Crippen LogP contribution in [0.25, 0.3) is 0 Å². The summed E-state index contributed by atoms with van der Waals surface area (Å²) in [6, 6.07) is 0. The van der Waals surface area contributed by atoms with Crippen LogP contribution in [-0.4, -0.2) is 36.7 Å². The Balaban J connectivity index is 4.12. The van der Waals surface area contributed by atoms with Crippen LogP contribution in [0.4, 0.5) is 0 Å². The van der Waals surface area contributed by atoms with Gasteiger partial charge in [-0.2, -0.15) is 0 Å². The molecule has 6 nitrogen and oxygen atoms in total. The summed E-state index contributed by atoms with van der Waals surface area (Å²) < 4.78 is 8.70. The number of ketones is 2. The molecule has 0 saturated carbocycles. The summed E-state index contributed by atoms with van der Waals surface area (Å²) >= 11 is 0. The van der Waals surface area contributed by atoms with E-state index in [1.54, 1.807) is 0 Å². The second-order valence-electron chi connectivity index (χ2n) is 2.46. The summed E-state index contributed by atoms with van der Waals surface area (Å²) in [5, 5.41) is 0. The lowest BCUT2D eigenvalue weighted by Crippen LogP contribution is -2.25. The highest BCUT2D eigenvalue weighted by Gasteiger charge is 2.24. The fourth-order valence-electron chi connectivity index (χ4n) is 0.713. The van der Waals surface area contributed by atoms with Crippen LogP contribution in [0.15, 0.2) is 0 Å². The molecule has 0 bridgehead atoms. The molecule has 0 spiro atoms. The quantitative estimate of drug-likeness (QED) is 0.342. The van der Waals surface area contributed by atoms with E-state index in [0.717, 1.165) is 0 Å². The van der Waals surface area contributed by atoms with Crippen molar-refractivity contribution >= 4 is 23.5 Å². The molecular formula is C9H12O6.